The van der Waals surface area contributed by atoms with Crippen LogP contribution in [0.1, 0.15) is 62.4 Å². The summed E-state index contributed by atoms with van der Waals surface area (Å²) in [4.78, 5) is 12.7. The quantitative estimate of drug-likeness (QED) is 0.220. The lowest BCUT2D eigenvalue weighted by Gasteiger charge is -2.31. The van der Waals surface area contributed by atoms with Gasteiger partial charge in [0.05, 0.1) is 25.4 Å². The van der Waals surface area contributed by atoms with Crippen molar-refractivity contribution in [1.82, 2.24) is 0 Å². The van der Waals surface area contributed by atoms with Crippen molar-refractivity contribution in [2.45, 2.75) is 65.3 Å². The zero-order chi connectivity index (χ0) is 25.6. The molecule has 0 aliphatic carbocycles. The Balaban J connectivity index is 2.04. The van der Waals surface area contributed by atoms with Crippen LogP contribution in [0.5, 0.6) is 5.75 Å². The molecule has 2 aromatic rings. The zero-order valence-electron chi connectivity index (χ0n) is 21.7. The molecule has 0 aliphatic heterocycles. The summed E-state index contributed by atoms with van der Waals surface area (Å²) in [6.07, 6.45) is 4.83. The van der Waals surface area contributed by atoms with E-state index in [-0.39, 0.29) is 42.5 Å². The first-order chi connectivity index (χ1) is 16.9. The highest BCUT2D eigenvalue weighted by atomic mass is 16.5. The summed E-state index contributed by atoms with van der Waals surface area (Å²) < 4.78 is 17.6. The van der Waals surface area contributed by atoms with Gasteiger partial charge in [-0.3, -0.25) is 0 Å². The van der Waals surface area contributed by atoms with Crippen molar-refractivity contribution in [2.75, 3.05) is 13.7 Å². The van der Waals surface area contributed by atoms with Crippen LogP contribution in [0.15, 0.2) is 67.3 Å². The van der Waals surface area contributed by atoms with Crippen molar-refractivity contribution in [3.05, 3.63) is 78.4 Å². The van der Waals surface area contributed by atoms with Gasteiger partial charge in [-0.05, 0) is 67.3 Å². The van der Waals surface area contributed by atoms with Crippen molar-refractivity contribution in [1.29, 1.82) is 0 Å². The predicted molar refractivity (Wildman–Crippen MR) is 140 cm³/mol. The molecule has 5 atom stereocenters. The molecule has 0 amide bonds. The number of methoxy groups -OCH3 is 1. The number of hydrogen-bond acceptors (Lipinski definition) is 5. The zero-order valence-corrected chi connectivity index (χ0v) is 21.7. The number of aliphatic hydroxyl groups excluding tert-OH is 1. The third kappa shape index (κ3) is 9.50. The number of hydrogen-bond donors (Lipinski definition) is 1. The monoisotopic (exact) mass is 482 g/mol. The SMILES string of the molecule is C=C[C@@H](C)[C@H](CC[C@@H](C)[C@H](OCc1ccc(OC)cc1)[C@@H](C)CCCO)OC(=O)c1ccccc1. The minimum Gasteiger partial charge on any atom is -0.497 e. The van der Waals surface area contributed by atoms with Crippen molar-refractivity contribution in [3.63, 3.8) is 0 Å². The van der Waals surface area contributed by atoms with Gasteiger partial charge < -0.3 is 19.3 Å². The molecule has 0 spiro atoms. The Kier molecular flexibility index (Phi) is 12.6. The molecule has 2 rings (SSSR count). The summed E-state index contributed by atoms with van der Waals surface area (Å²) in [5.41, 5.74) is 1.65. The topological polar surface area (TPSA) is 65.0 Å². The Bertz CT molecular complexity index is 864. The van der Waals surface area contributed by atoms with Crippen LogP contribution in [-0.2, 0) is 16.1 Å². The number of carbonyl (C=O) groups excluding carboxylic acids is 1. The first kappa shape index (κ1) is 28.6. The number of carbonyl (C=O) groups is 1. The molecule has 0 saturated heterocycles. The van der Waals surface area contributed by atoms with E-state index >= 15 is 0 Å². The van der Waals surface area contributed by atoms with Crippen LogP contribution in [-0.4, -0.2) is 37.0 Å². The highest BCUT2D eigenvalue weighted by Crippen LogP contribution is 2.28. The smallest absolute Gasteiger partial charge is 0.338 e. The molecule has 0 heterocycles. The van der Waals surface area contributed by atoms with Gasteiger partial charge in [0, 0.05) is 12.5 Å². The Morgan fingerprint density at radius 3 is 2.23 bits per heavy atom. The molecule has 0 aliphatic rings. The Morgan fingerprint density at radius 1 is 0.971 bits per heavy atom. The second-order valence-electron chi connectivity index (χ2n) is 9.43. The van der Waals surface area contributed by atoms with Gasteiger partial charge in [0.15, 0.2) is 0 Å². The van der Waals surface area contributed by atoms with Crippen LogP contribution in [0.4, 0.5) is 0 Å². The molecule has 5 nitrogen and oxygen atoms in total. The van der Waals surface area contributed by atoms with E-state index in [4.69, 9.17) is 14.2 Å². The fraction of sp³-hybridized carbons (Fsp3) is 0.500. The Morgan fingerprint density at radius 2 is 1.63 bits per heavy atom. The lowest BCUT2D eigenvalue weighted by molar-refractivity contribution is -0.0383. The molecule has 0 aromatic heterocycles. The molecule has 35 heavy (non-hydrogen) atoms. The van der Waals surface area contributed by atoms with Crippen molar-refractivity contribution >= 4 is 5.97 Å². The third-order valence-electron chi connectivity index (χ3n) is 6.67. The molecule has 0 saturated carbocycles. The summed E-state index contributed by atoms with van der Waals surface area (Å²) in [6, 6.07) is 17.0. The number of ether oxygens (including phenoxy) is 3. The summed E-state index contributed by atoms with van der Waals surface area (Å²) in [5.74, 6) is 1.10. The molecule has 0 radical (unpaired) electrons. The standard InChI is InChI=1S/C30H42O5/c1-6-22(2)28(35-30(32)26-12-8-7-9-13-26)19-14-24(4)29(23(3)11-10-20-31)34-21-25-15-17-27(33-5)18-16-25/h6-9,12-13,15-18,22-24,28-29,31H,1,10-11,14,19-21H2,2-5H3/t22-,23+,24-,28+,29-/m1/s1. The average Bonchev–Trinajstić information content (AvgIpc) is 2.90. The second kappa shape index (κ2) is 15.4. The highest BCUT2D eigenvalue weighted by molar-refractivity contribution is 5.89. The van der Waals surface area contributed by atoms with Crippen molar-refractivity contribution in [3.8, 4) is 5.75 Å². The van der Waals surface area contributed by atoms with Crippen LogP contribution in [0.3, 0.4) is 0 Å². The summed E-state index contributed by atoms with van der Waals surface area (Å²) in [6.45, 7) is 11.0. The van der Waals surface area contributed by atoms with Gasteiger partial charge in [0.2, 0.25) is 0 Å². The summed E-state index contributed by atoms with van der Waals surface area (Å²) in [7, 11) is 1.66. The van der Waals surface area contributed by atoms with Crippen molar-refractivity contribution < 1.29 is 24.1 Å². The number of rotatable bonds is 16. The molecule has 1 N–H and O–H groups in total. The highest BCUT2D eigenvalue weighted by Gasteiger charge is 2.27. The molecule has 2 aromatic carbocycles. The van der Waals surface area contributed by atoms with E-state index < -0.39 is 0 Å². The third-order valence-corrected chi connectivity index (χ3v) is 6.67. The van der Waals surface area contributed by atoms with Gasteiger partial charge >= 0.3 is 5.97 Å². The normalized spacial score (nSPS) is 15.5. The van der Waals surface area contributed by atoms with Crippen LogP contribution in [0.2, 0.25) is 0 Å². The second-order valence-corrected chi connectivity index (χ2v) is 9.43. The van der Waals surface area contributed by atoms with Gasteiger partial charge in [0.25, 0.3) is 0 Å². The Labute approximate surface area is 211 Å². The summed E-state index contributed by atoms with van der Waals surface area (Å²) >= 11 is 0. The van der Waals surface area contributed by atoms with E-state index in [1.165, 1.54) is 0 Å². The van der Waals surface area contributed by atoms with E-state index in [1.807, 2.05) is 55.5 Å². The van der Waals surface area contributed by atoms with Crippen molar-refractivity contribution in [2.24, 2.45) is 17.8 Å². The molecular formula is C30H42O5. The van der Waals surface area contributed by atoms with Gasteiger partial charge in [0.1, 0.15) is 11.9 Å². The van der Waals surface area contributed by atoms with E-state index in [0.29, 0.717) is 12.2 Å². The summed E-state index contributed by atoms with van der Waals surface area (Å²) in [5, 5.41) is 9.32. The fourth-order valence-electron chi connectivity index (χ4n) is 4.33. The van der Waals surface area contributed by atoms with Crippen LogP contribution in [0, 0.1) is 17.8 Å². The van der Waals surface area contributed by atoms with Crippen LogP contribution in [0.25, 0.3) is 0 Å². The lowest BCUT2D eigenvalue weighted by atomic mass is 9.85. The van der Waals surface area contributed by atoms with E-state index in [2.05, 4.69) is 20.4 Å². The number of benzene rings is 2. The molecule has 5 heteroatoms. The lowest BCUT2D eigenvalue weighted by Crippen LogP contribution is -2.31. The molecule has 0 fully saturated rings. The van der Waals surface area contributed by atoms with Gasteiger partial charge in [-0.1, -0.05) is 57.2 Å². The van der Waals surface area contributed by atoms with Crippen LogP contribution >= 0.6 is 0 Å². The van der Waals surface area contributed by atoms with Gasteiger partial charge in [-0.2, -0.15) is 0 Å². The van der Waals surface area contributed by atoms with Gasteiger partial charge in [-0.25, -0.2) is 4.79 Å². The maximum Gasteiger partial charge on any atom is 0.338 e. The minimum atomic E-state index is -0.305. The van der Waals surface area contributed by atoms with Gasteiger partial charge in [-0.15, -0.1) is 6.58 Å². The van der Waals surface area contributed by atoms with E-state index in [0.717, 1.165) is 37.0 Å². The molecule has 0 unspecified atom stereocenters. The maximum absolute atomic E-state index is 12.7. The first-order valence-corrected chi connectivity index (χ1v) is 12.6. The number of aliphatic hydroxyl groups is 1. The molecular weight excluding hydrogens is 440 g/mol. The molecule has 192 valence electrons. The minimum absolute atomic E-state index is 0.0214. The maximum atomic E-state index is 12.7. The van der Waals surface area contributed by atoms with Crippen LogP contribution < -0.4 is 4.74 Å². The predicted octanol–water partition coefficient (Wildman–Crippen LogP) is 6.45. The first-order valence-electron chi connectivity index (χ1n) is 12.6. The van der Waals surface area contributed by atoms with E-state index in [1.54, 1.807) is 19.2 Å². The Hall–Kier alpha value is -2.63. The fourth-order valence-corrected chi connectivity index (χ4v) is 4.33. The number of esters is 1. The average molecular weight is 483 g/mol. The molecule has 0 bridgehead atoms. The van der Waals surface area contributed by atoms with E-state index in [9.17, 15) is 9.90 Å². The largest absolute Gasteiger partial charge is 0.497 e.